The van der Waals surface area contributed by atoms with Crippen LogP contribution in [0.5, 0.6) is 0 Å². The van der Waals surface area contributed by atoms with E-state index in [0.717, 1.165) is 5.56 Å². The van der Waals surface area contributed by atoms with Gasteiger partial charge in [-0.15, -0.1) is 3.89 Å². The summed E-state index contributed by atoms with van der Waals surface area (Å²) in [5.74, 6) is -0.131. The smallest absolute Gasteiger partial charge is 0.316 e. The molecule has 0 fully saturated rings. The lowest BCUT2D eigenvalue weighted by Crippen LogP contribution is -2.12. The number of methoxy groups -OCH3 is 1. The van der Waals surface area contributed by atoms with Gasteiger partial charge in [-0.25, -0.2) is 0 Å². The summed E-state index contributed by atoms with van der Waals surface area (Å²) in [6.45, 7) is 5.20. The van der Waals surface area contributed by atoms with Crippen molar-refractivity contribution in [2.45, 2.75) is 12.2 Å². The fraction of sp³-hybridized carbons (Fsp3) is 0.273. The van der Waals surface area contributed by atoms with Crippen LogP contribution in [0.25, 0.3) is 0 Å². The molecule has 1 rings (SSSR count). The zero-order valence-corrected chi connectivity index (χ0v) is 9.92. The predicted octanol–water partition coefficient (Wildman–Crippen LogP) is 2.50. The van der Waals surface area contributed by atoms with Gasteiger partial charge in [-0.1, -0.05) is 36.4 Å². The lowest BCUT2D eigenvalue weighted by Gasteiger charge is -2.15. The molecule has 1 aromatic carbocycles. The SMILES string of the molecule is C=C(OC)C(c1cccc(C)c1)S(=O)(=O)F. The van der Waals surface area contributed by atoms with E-state index >= 15 is 0 Å². The van der Waals surface area contributed by atoms with Crippen molar-refractivity contribution in [2.24, 2.45) is 0 Å². The molecule has 0 aliphatic heterocycles. The van der Waals surface area contributed by atoms with E-state index in [9.17, 15) is 12.3 Å². The fourth-order valence-electron chi connectivity index (χ4n) is 1.45. The van der Waals surface area contributed by atoms with E-state index in [-0.39, 0.29) is 5.76 Å². The van der Waals surface area contributed by atoms with Gasteiger partial charge in [-0.2, -0.15) is 8.42 Å². The van der Waals surface area contributed by atoms with E-state index in [0.29, 0.717) is 5.56 Å². The molecule has 0 saturated carbocycles. The number of ether oxygens (including phenoxy) is 1. The molecule has 0 aliphatic carbocycles. The molecule has 1 aromatic rings. The van der Waals surface area contributed by atoms with Crippen LogP contribution in [0.3, 0.4) is 0 Å². The van der Waals surface area contributed by atoms with E-state index in [1.807, 2.05) is 0 Å². The quantitative estimate of drug-likeness (QED) is 0.603. The molecular formula is C11H13FO3S. The summed E-state index contributed by atoms with van der Waals surface area (Å²) in [5.41, 5.74) is 1.16. The van der Waals surface area contributed by atoms with Crippen LogP contribution in [0.15, 0.2) is 36.6 Å². The summed E-state index contributed by atoms with van der Waals surface area (Å²) in [6, 6.07) is 6.57. The van der Waals surface area contributed by atoms with Crippen molar-refractivity contribution in [3.63, 3.8) is 0 Å². The molecule has 3 nitrogen and oxygen atoms in total. The van der Waals surface area contributed by atoms with Crippen LogP contribution in [0, 0.1) is 6.92 Å². The highest BCUT2D eigenvalue weighted by atomic mass is 32.3. The largest absolute Gasteiger partial charge is 0.500 e. The molecule has 0 radical (unpaired) electrons. The summed E-state index contributed by atoms with van der Waals surface area (Å²) >= 11 is 0. The Morgan fingerprint density at radius 2 is 2.12 bits per heavy atom. The molecule has 0 spiro atoms. The Morgan fingerprint density at radius 3 is 2.56 bits per heavy atom. The van der Waals surface area contributed by atoms with Gasteiger partial charge in [-0.05, 0) is 12.5 Å². The Labute approximate surface area is 94.8 Å². The minimum absolute atomic E-state index is 0.131. The van der Waals surface area contributed by atoms with Crippen LogP contribution in [-0.4, -0.2) is 15.5 Å². The first-order valence-electron chi connectivity index (χ1n) is 4.59. The molecule has 0 saturated heterocycles. The Bertz CT molecular complexity index is 494. The summed E-state index contributed by atoms with van der Waals surface area (Å²) in [4.78, 5) is 0. The van der Waals surface area contributed by atoms with Gasteiger partial charge in [0.1, 0.15) is 5.76 Å². The van der Waals surface area contributed by atoms with Gasteiger partial charge in [-0.3, -0.25) is 0 Å². The van der Waals surface area contributed by atoms with Gasteiger partial charge in [0.25, 0.3) is 0 Å². The summed E-state index contributed by atoms with van der Waals surface area (Å²) in [7, 11) is -3.51. The first-order chi connectivity index (χ1) is 7.36. The number of rotatable bonds is 4. The molecule has 0 bridgehead atoms. The second kappa shape index (κ2) is 4.65. The first kappa shape index (κ1) is 12.7. The molecule has 1 unspecified atom stereocenters. The van der Waals surface area contributed by atoms with Crippen molar-refractivity contribution >= 4 is 10.2 Å². The van der Waals surface area contributed by atoms with Crippen molar-refractivity contribution in [3.05, 3.63) is 47.7 Å². The van der Waals surface area contributed by atoms with Crippen molar-refractivity contribution in [2.75, 3.05) is 7.11 Å². The Balaban J connectivity index is 3.28. The summed E-state index contributed by atoms with van der Waals surface area (Å²) < 4.78 is 39.9. The van der Waals surface area contributed by atoms with Crippen LogP contribution < -0.4 is 0 Å². The summed E-state index contributed by atoms with van der Waals surface area (Å²) in [6.07, 6.45) is 0. The monoisotopic (exact) mass is 244 g/mol. The number of halogens is 1. The van der Waals surface area contributed by atoms with Gasteiger partial charge < -0.3 is 4.74 Å². The molecule has 88 valence electrons. The Kier molecular flexibility index (Phi) is 3.70. The third kappa shape index (κ3) is 2.82. The maximum Gasteiger partial charge on any atom is 0.316 e. The van der Waals surface area contributed by atoms with E-state index in [2.05, 4.69) is 6.58 Å². The number of benzene rings is 1. The number of hydrogen-bond acceptors (Lipinski definition) is 3. The van der Waals surface area contributed by atoms with Gasteiger partial charge >= 0.3 is 10.2 Å². The van der Waals surface area contributed by atoms with Gasteiger partial charge in [0.15, 0.2) is 5.25 Å². The van der Waals surface area contributed by atoms with Crippen LogP contribution in [0.2, 0.25) is 0 Å². The van der Waals surface area contributed by atoms with E-state index < -0.39 is 15.5 Å². The molecule has 0 amide bonds. The highest BCUT2D eigenvalue weighted by Crippen LogP contribution is 2.31. The third-order valence-electron chi connectivity index (χ3n) is 2.18. The zero-order valence-electron chi connectivity index (χ0n) is 9.10. The molecule has 0 N–H and O–H groups in total. The van der Waals surface area contributed by atoms with E-state index in [1.165, 1.54) is 13.2 Å². The van der Waals surface area contributed by atoms with Crippen molar-refractivity contribution < 1.29 is 17.0 Å². The molecule has 1 atom stereocenters. The zero-order chi connectivity index (χ0) is 12.3. The van der Waals surface area contributed by atoms with Crippen molar-refractivity contribution in [1.82, 2.24) is 0 Å². The molecule has 16 heavy (non-hydrogen) atoms. The second-order valence-corrected chi connectivity index (χ2v) is 4.86. The molecule has 0 aromatic heterocycles. The van der Waals surface area contributed by atoms with Crippen LogP contribution >= 0.6 is 0 Å². The highest BCUT2D eigenvalue weighted by molar-refractivity contribution is 7.86. The van der Waals surface area contributed by atoms with Crippen LogP contribution in [-0.2, 0) is 15.0 Å². The molecule has 5 heteroatoms. The normalized spacial score (nSPS) is 13.2. The van der Waals surface area contributed by atoms with E-state index in [4.69, 9.17) is 4.74 Å². The minimum Gasteiger partial charge on any atom is -0.500 e. The average molecular weight is 244 g/mol. The summed E-state index contributed by atoms with van der Waals surface area (Å²) in [5, 5.41) is -1.46. The highest BCUT2D eigenvalue weighted by Gasteiger charge is 2.30. The van der Waals surface area contributed by atoms with Gasteiger partial charge in [0.05, 0.1) is 7.11 Å². The lowest BCUT2D eigenvalue weighted by molar-refractivity contribution is 0.279. The molecular weight excluding hydrogens is 231 g/mol. The third-order valence-corrected chi connectivity index (χ3v) is 3.28. The fourth-order valence-corrected chi connectivity index (χ4v) is 2.33. The maximum atomic E-state index is 13.1. The Hall–Kier alpha value is -1.36. The standard InChI is InChI=1S/C11H13FO3S/c1-8-5-4-6-10(7-8)11(9(2)15-3)16(12,13)14/h4-7,11H,2H2,1,3H3. The molecule has 0 aliphatic rings. The first-order valence-corrected chi connectivity index (χ1v) is 6.03. The average Bonchev–Trinajstić information content (AvgIpc) is 2.15. The van der Waals surface area contributed by atoms with E-state index in [1.54, 1.807) is 25.1 Å². The lowest BCUT2D eigenvalue weighted by atomic mass is 10.1. The van der Waals surface area contributed by atoms with Gasteiger partial charge in [0, 0.05) is 0 Å². The topological polar surface area (TPSA) is 43.4 Å². The predicted molar refractivity (Wildman–Crippen MR) is 60.1 cm³/mol. The van der Waals surface area contributed by atoms with Crippen molar-refractivity contribution in [3.8, 4) is 0 Å². The van der Waals surface area contributed by atoms with Crippen molar-refractivity contribution in [1.29, 1.82) is 0 Å². The Morgan fingerprint density at radius 1 is 1.50 bits per heavy atom. The van der Waals surface area contributed by atoms with Crippen LogP contribution in [0.1, 0.15) is 16.4 Å². The van der Waals surface area contributed by atoms with Crippen LogP contribution in [0.4, 0.5) is 3.89 Å². The minimum atomic E-state index is -4.77. The molecule has 0 heterocycles. The number of hydrogen-bond donors (Lipinski definition) is 0. The van der Waals surface area contributed by atoms with Gasteiger partial charge in [0.2, 0.25) is 0 Å². The number of aryl methyl sites for hydroxylation is 1. The maximum absolute atomic E-state index is 13.1. The second-order valence-electron chi connectivity index (χ2n) is 3.44.